The van der Waals surface area contributed by atoms with Crippen LogP contribution in [0.3, 0.4) is 0 Å². The number of benzene rings is 9. The predicted octanol–water partition coefficient (Wildman–Crippen LogP) is 16.5. The Morgan fingerprint density at radius 3 is 1.54 bits per heavy atom. The highest BCUT2D eigenvalue weighted by molar-refractivity contribution is 7.26. The summed E-state index contributed by atoms with van der Waals surface area (Å²) < 4.78 is 2.59. The van der Waals surface area contributed by atoms with Crippen LogP contribution in [0.25, 0.3) is 75.8 Å². The van der Waals surface area contributed by atoms with Crippen LogP contribution < -0.4 is 4.90 Å². The normalized spacial score (nSPS) is 12.7. The molecule has 0 saturated carbocycles. The van der Waals surface area contributed by atoms with Crippen molar-refractivity contribution in [1.82, 2.24) is 0 Å². The minimum Gasteiger partial charge on any atom is -0.308 e. The van der Waals surface area contributed by atoms with Gasteiger partial charge in [-0.25, -0.2) is 0 Å². The monoisotopic (exact) mass is 771 g/mol. The summed E-state index contributed by atoms with van der Waals surface area (Å²) in [5.41, 5.74) is 18.4. The third kappa shape index (κ3) is 5.99. The number of hydrogen-bond acceptors (Lipinski definition) is 2. The van der Waals surface area contributed by atoms with Gasteiger partial charge in [0.1, 0.15) is 0 Å². The molecule has 9 aromatic carbocycles. The van der Waals surface area contributed by atoms with Gasteiger partial charge in [0.15, 0.2) is 0 Å². The number of thiophene rings is 1. The van der Waals surface area contributed by atoms with Crippen LogP contribution in [0.1, 0.15) is 25.0 Å². The number of fused-ring (bicyclic) bond motifs is 6. The van der Waals surface area contributed by atoms with Crippen molar-refractivity contribution in [2.45, 2.75) is 19.3 Å². The molecule has 0 fully saturated rings. The molecule has 0 spiro atoms. The molecule has 1 aliphatic rings. The van der Waals surface area contributed by atoms with E-state index in [1.54, 1.807) is 0 Å². The van der Waals surface area contributed by atoms with Crippen molar-refractivity contribution in [3.63, 3.8) is 0 Å². The molecule has 0 amide bonds. The van der Waals surface area contributed by atoms with Crippen molar-refractivity contribution in [1.29, 1.82) is 0 Å². The van der Waals surface area contributed by atoms with Crippen LogP contribution in [-0.4, -0.2) is 0 Å². The average molecular weight is 772 g/mol. The maximum atomic E-state index is 2.51. The molecule has 0 aliphatic heterocycles. The van der Waals surface area contributed by atoms with E-state index in [1.807, 2.05) is 11.3 Å². The lowest BCUT2D eigenvalue weighted by Crippen LogP contribution is -2.17. The van der Waals surface area contributed by atoms with Crippen LogP contribution in [0, 0.1) is 0 Å². The Kier molecular flexibility index (Phi) is 8.43. The van der Waals surface area contributed by atoms with E-state index >= 15 is 0 Å². The Hall–Kier alpha value is -7.00. The lowest BCUT2D eigenvalue weighted by atomic mass is 9.81. The molecule has 0 unspecified atom stereocenters. The highest BCUT2D eigenvalue weighted by atomic mass is 32.1. The summed E-state index contributed by atoms with van der Waals surface area (Å²) in [6.45, 7) is 4.78. The highest BCUT2D eigenvalue weighted by Crippen LogP contribution is 2.53. The molecule has 1 aliphatic carbocycles. The van der Waals surface area contributed by atoms with Crippen molar-refractivity contribution < 1.29 is 0 Å². The lowest BCUT2D eigenvalue weighted by Gasteiger charge is -2.30. The quantitative estimate of drug-likeness (QED) is 0.156. The van der Waals surface area contributed by atoms with Crippen molar-refractivity contribution >= 4 is 48.6 Å². The molecule has 11 rings (SSSR count). The summed E-state index contributed by atoms with van der Waals surface area (Å²) in [6.07, 6.45) is 0. The van der Waals surface area contributed by atoms with Gasteiger partial charge >= 0.3 is 0 Å². The molecule has 0 radical (unpaired) electrons. The third-order valence-electron chi connectivity index (χ3n) is 12.3. The fraction of sp³-hybridized carbons (Fsp3) is 0.0526. The zero-order valence-corrected chi connectivity index (χ0v) is 33.9. The number of anilines is 3. The second kappa shape index (κ2) is 14.1. The summed E-state index contributed by atoms with van der Waals surface area (Å²) >= 11 is 1.88. The van der Waals surface area contributed by atoms with E-state index in [4.69, 9.17) is 0 Å². The Balaban J connectivity index is 1.04. The lowest BCUT2D eigenvalue weighted by molar-refractivity contribution is 0.660. The van der Waals surface area contributed by atoms with E-state index in [-0.39, 0.29) is 5.41 Å². The number of hydrogen-bond donors (Lipinski definition) is 0. The predicted molar refractivity (Wildman–Crippen MR) is 253 cm³/mol. The van der Waals surface area contributed by atoms with E-state index < -0.39 is 0 Å². The highest BCUT2D eigenvalue weighted by Gasteiger charge is 2.36. The summed E-state index contributed by atoms with van der Waals surface area (Å²) in [4.78, 5) is 2.51. The van der Waals surface area contributed by atoms with Gasteiger partial charge in [0, 0.05) is 32.1 Å². The summed E-state index contributed by atoms with van der Waals surface area (Å²) in [7, 11) is 0. The second-order valence-electron chi connectivity index (χ2n) is 16.1. The second-order valence-corrected chi connectivity index (χ2v) is 17.2. The maximum absolute atomic E-state index is 2.51. The molecular weight excluding hydrogens is 731 g/mol. The Labute approximate surface area is 350 Å². The molecule has 0 N–H and O–H groups in total. The fourth-order valence-electron chi connectivity index (χ4n) is 9.23. The number of nitrogens with zero attached hydrogens (tertiary/aromatic N) is 1. The number of para-hydroxylation sites is 1. The van der Waals surface area contributed by atoms with Crippen molar-refractivity contribution in [2.75, 3.05) is 4.90 Å². The van der Waals surface area contributed by atoms with Gasteiger partial charge in [0.2, 0.25) is 0 Å². The largest absolute Gasteiger partial charge is 0.308 e. The molecule has 0 bridgehead atoms. The molecule has 1 heterocycles. The van der Waals surface area contributed by atoms with Gasteiger partial charge in [-0.3, -0.25) is 0 Å². The van der Waals surface area contributed by atoms with Crippen molar-refractivity contribution in [3.8, 4) is 55.6 Å². The number of rotatable bonds is 7. The van der Waals surface area contributed by atoms with Crippen LogP contribution in [0.15, 0.2) is 212 Å². The van der Waals surface area contributed by atoms with Crippen molar-refractivity contribution in [3.05, 3.63) is 223 Å². The summed E-state index contributed by atoms with van der Waals surface area (Å²) in [6, 6.07) is 78.0. The molecule has 1 aromatic heterocycles. The van der Waals surface area contributed by atoms with Gasteiger partial charge in [-0.05, 0) is 97.6 Å². The van der Waals surface area contributed by atoms with Crippen LogP contribution in [-0.2, 0) is 5.41 Å². The van der Waals surface area contributed by atoms with Gasteiger partial charge < -0.3 is 4.90 Å². The van der Waals surface area contributed by atoms with Crippen LogP contribution >= 0.6 is 11.3 Å². The van der Waals surface area contributed by atoms with Crippen molar-refractivity contribution in [2.24, 2.45) is 0 Å². The van der Waals surface area contributed by atoms with Crippen LogP contribution in [0.2, 0.25) is 0 Å². The summed E-state index contributed by atoms with van der Waals surface area (Å²) in [5, 5.41) is 2.59. The zero-order chi connectivity index (χ0) is 39.5. The van der Waals surface area contributed by atoms with Crippen LogP contribution in [0.5, 0.6) is 0 Å². The topological polar surface area (TPSA) is 3.24 Å². The molecule has 59 heavy (non-hydrogen) atoms. The van der Waals surface area contributed by atoms with Crippen LogP contribution in [0.4, 0.5) is 17.1 Å². The van der Waals surface area contributed by atoms with E-state index in [9.17, 15) is 0 Å². The molecule has 0 saturated heterocycles. The van der Waals surface area contributed by atoms with Gasteiger partial charge in [-0.2, -0.15) is 0 Å². The SMILES string of the molecule is CC1(C)c2cc(-c3ccc(-c4ccccc4)cc3)ccc2-c2ccc(N(c3ccccc3-c3ccc(-c4ccccc4)cc3)c3cccc4c3sc3ccccc34)cc21. The van der Waals surface area contributed by atoms with Gasteiger partial charge in [0.05, 0.1) is 16.1 Å². The first-order chi connectivity index (χ1) is 29.0. The fourth-order valence-corrected chi connectivity index (χ4v) is 10.4. The molecule has 10 aromatic rings. The minimum atomic E-state index is -0.206. The average Bonchev–Trinajstić information content (AvgIpc) is 3.79. The van der Waals surface area contributed by atoms with Gasteiger partial charge in [-0.1, -0.05) is 190 Å². The van der Waals surface area contributed by atoms with E-state index in [2.05, 4.69) is 231 Å². The first-order valence-corrected chi connectivity index (χ1v) is 21.2. The Bertz CT molecular complexity index is 3160. The van der Waals surface area contributed by atoms with E-state index in [1.165, 1.54) is 92.6 Å². The third-order valence-corrected chi connectivity index (χ3v) is 13.5. The molecule has 280 valence electrons. The molecule has 1 nitrogen and oxygen atoms in total. The zero-order valence-electron chi connectivity index (χ0n) is 33.1. The minimum absolute atomic E-state index is 0.206. The first-order valence-electron chi connectivity index (χ1n) is 20.4. The molecular formula is C57H41NS. The van der Waals surface area contributed by atoms with E-state index in [0.717, 1.165) is 11.4 Å². The Morgan fingerprint density at radius 2 is 0.847 bits per heavy atom. The molecule has 2 heteroatoms. The Morgan fingerprint density at radius 1 is 0.356 bits per heavy atom. The smallest absolute Gasteiger partial charge is 0.0640 e. The van der Waals surface area contributed by atoms with Gasteiger partial charge in [0.25, 0.3) is 0 Å². The molecule has 0 atom stereocenters. The standard InChI is InChI=1S/C57H41NS/c1-57(2)51-36-44(42-26-24-40(25-27-42)38-14-5-3-6-15-38)32-34-47(51)48-35-33-45(37-52(48)57)58(54-22-13-20-50-49-19-10-12-23-55(49)59-56(50)54)53-21-11-9-18-46(53)43-30-28-41(29-31-43)39-16-7-4-8-17-39/h3-37H,1-2H3. The van der Waals surface area contributed by atoms with Gasteiger partial charge in [-0.15, -0.1) is 11.3 Å². The first kappa shape index (κ1) is 35.2. The van der Waals surface area contributed by atoms with E-state index in [0.29, 0.717) is 0 Å². The maximum Gasteiger partial charge on any atom is 0.0640 e. The summed E-state index contributed by atoms with van der Waals surface area (Å²) in [5.74, 6) is 0.